The number of carbonyl (C=O) groups is 2. The van der Waals surface area contributed by atoms with Gasteiger partial charge < -0.3 is 14.8 Å². The van der Waals surface area contributed by atoms with Gasteiger partial charge in [0.05, 0.1) is 12.3 Å². The third kappa shape index (κ3) is 4.08. The van der Waals surface area contributed by atoms with Gasteiger partial charge in [-0.25, -0.2) is 0 Å². The van der Waals surface area contributed by atoms with Gasteiger partial charge in [-0.3, -0.25) is 9.59 Å². The third-order valence-corrected chi connectivity index (χ3v) is 5.14. The van der Waals surface area contributed by atoms with Crippen molar-refractivity contribution >= 4 is 17.6 Å². The molecule has 3 atom stereocenters. The summed E-state index contributed by atoms with van der Waals surface area (Å²) in [6, 6.07) is 7.22. The van der Waals surface area contributed by atoms with Gasteiger partial charge in [0.15, 0.2) is 6.61 Å². The molecule has 2 bridgehead atoms. The van der Waals surface area contributed by atoms with Crippen LogP contribution in [0.5, 0.6) is 5.75 Å². The second kappa shape index (κ2) is 7.69. The van der Waals surface area contributed by atoms with Crippen molar-refractivity contribution in [3.63, 3.8) is 0 Å². The first-order chi connectivity index (χ1) is 11.7. The highest BCUT2D eigenvalue weighted by molar-refractivity contribution is 5.94. The standard InChI is InChI=1S/C19H25NO4/c1-2-23-17-6-4-3-5-16(17)20-18(21)12-24-19(22)11-15-10-13-7-8-14(15)9-13/h3-6,13-15H,2,7-12H2,1H3,(H,20,21)/t13-,14-,15-/m1/s1. The van der Waals surface area contributed by atoms with E-state index < -0.39 is 0 Å². The summed E-state index contributed by atoms with van der Waals surface area (Å²) in [7, 11) is 0. The highest BCUT2D eigenvalue weighted by atomic mass is 16.5. The monoisotopic (exact) mass is 331 g/mol. The normalized spacial score (nSPS) is 24.6. The molecule has 0 aromatic heterocycles. The van der Waals surface area contributed by atoms with Crippen molar-refractivity contribution < 1.29 is 19.1 Å². The molecule has 0 spiro atoms. The average molecular weight is 331 g/mol. The van der Waals surface area contributed by atoms with Crippen molar-refractivity contribution in [3.05, 3.63) is 24.3 Å². The molecule has 1 aromatic rings. The smallest absolute Gasteiger partial charge is 0.306 e. The van der Waals surface area contributed by atoms with Gasteiger partial charge in [-0.2, -0.15) is 0 Å². The van der Waals surface area contributed by atoms with Crippen molar-refractivity contribution in [3.8, 4) is 5.75 Å². The number of hydrogen-bond donors (Lipinski definition) is 1. The Kier molecular flexibility index (Phi) is 5.38. The fourth-order valence-electron chi connectivity index (χ4n) is 4.08. The van der Waals surface area contributed by atoms with Gasteiger partial charge in [-0.1, -0.05) is 18.6 Å². The first-order valence-electron chi connectivity index (χ1n) is 8.83. The number of ether oxygens (including phenoxy) is 2. The average Bonchev–Trinajstić information content (AvgIpc) is 3.18. The first-order valence-corrected chi connectivity index (χ1v) is 8.83. The molecule has 0 unspecified atom stereocenters. The Hall–Kier alpha value is -2.04. The molecule has 2 aliphatic carbocycles. The minimum atomic E-state index is -0.344. The molecule has 0 heterocycles. The lowest BCUT2D eigenvalue weighted by Gasteiger charge is -2.20. The lowest BCUT2D eigenvalue weighted by Crippen LogP contribution is -2.23. The van der Waals surface area contributed by atoms with Crippen molar-refractivity contribution in [2.24, 2.45) is 17.8 Å². The summed E-state index contributed by atoms with van der Waals surface area (Å²) in [5, 5.41) is 2.73. The van der Waals surface area contributed by atoms with Gasteiger partial charge in [0.1, 0.15) is 5.75 Å². The van der Waals surface area contributed by atoms with E-state index in [1.54, 1.807) is 12.1 Å². The molecule has 0 saturated heterocycles. The molecule has 1 amide bonds. The largest absolute Gasteiger partial charge is 0.492 e. The van der Waals surface area contributed by atoms with Crippen LogP contribution in [0.15, 0.2) is 24.3 Å². The molecule has 5 nitrogen and oxygen atoms in total. The van der Waals surface area contributed by atoms with E-state index in [1.165, 1.54) is 19.3 Å². The fourth-order valence-corrected chi connectivity index (χ4v) is 4.08. The minimum Gasteiger partial charge on any atom is -0.492 e. The van der Waals surface area contributed by atoms with Crippen LogP contribution in [-0.4, -0.2) is 25.1 Å². The number of esters is 1. The van der Waals surface area contributed by atoms with E-state index in [1.807, 2.05) is 19.1 Å². The van der Waals surface area contributed by atoms with E-state index in [4.69, 9.17) is 9.47 Å². The lowest BCUT2D eigenvalue weighted by molar-refractivity contribution is -0.148. The Morgan fingerprint density at radius 1 is 1.21 bits per heavy atom. The molecule has 2 fully saturated rings. The Balaban J connectivity index is 1.43. The summed E-state index contributed by atoms with van der Waals surface area (Å²) < 4.78 is 10.6. The van der Waals surface area contributed by atoms with Crippen LogP contribution in [0.25, 0.3) is 0 Å². The van der Waals surface area contributed by atoms with Crippen LogP contribution in [0, 0.1) is 17.8 Å². The number of carbonyl (C=O) groups excluding carboxylic acids is 2. The molecular weight excluding hydrogens is 306 g/mol. The third-order valence-electron chi connectivity index (χ3n) is 5.14. The zero-order chi connectivity index (χ0) is 16.9. The van der Waals surface area contributed by atoms with Gasteiger partial charge in [-0.15, -0.1) is 0 Å². The second-order valence-electron chi connectivity index (χ2n) is 6.78. The van der Waals surface area contributed by atoms with Crippen molar-refractivity contribution in [1.82, 2.24) is 0 Å². The summed E-state index contributed by atoms with van der Waals surface area (Å²) in [5.74, 6) is 1.96. The maximum Gasteiger partial charge on any atom is 0.306 e. The van der Waals surface area contributed by atoms with E-state index in [-0.39, 0.29) is 18.5 Å². The number of benzene rings is 1. The van der Waals surface area contributed by atoms with E-state index in [9.17, 15) is 9.59 Å². The van der Waals surface area contributed by atoms with Gasteiger partial charge in [-0.05, 0) is 56.1 Å². The number of rotatable bonds is 7. The molecule has 130 valence electrons. The Morgan fingerprint density at radius 2 is 2.04 bits per heavy atom. The molecule has 0 aliphatic heterocycles. The predicted molar refractivity (Wildman–Crippen MR) is 90.8 cm³/mol. The molecule has 0 radical (unpaired) electrons. The lowest BCUT2D eigenvalue weighted by atomic mass is 9.86. The Morgan fingerprint density at radius 3 is 2.75 bits per heavy atom. The van der Waals surface area contributed by atoms with Crippen molar-refractivity contribution in [2.75, 3.05) is 18.5 Å². The molecule has 2 saturated carbocycles. The summed E-state index contributed by atoms with van der Waals surface area (Å²) in [5.41, 5.74) is 0.591. The number of nitrogens with one attached hydrogen (secondary N) is 1. The number of anilines is 1. The second-order valence-corrected chi connectivity index (χ2v) is 6.78. The van der Waals surface area contributed by atoms with Crippen molar-refractivity contribution in [1.29, 1.82) is 0 Å². The summed E-state index contributed by atoms with van der Waals surface area (Å²) in [6.45, 7) is 2.15. The summed E-state index contributed by atoms with van der Waals surface area (Å²) in [4.78, 5) is 24.0. The topological polar surface area (TPSA) is 64.6 Å². The van der Waals surface area contributed by atoms with Crippen LogP contribution in [-0.2, 0) is 14.3 Å². The maximum atomic E-state index is 12.0. The number of fused-ring (bicyclic) bond motifs is 2. The zero-order valence-electron chi connectivity index (χ0n) is 14.1. The number of para-hydroxylation sites is 2. The zero-order valence-corrected chi connectivity index (χ0v) is 14.1. The van der Waals surface area contributed by atoms with Crippen LogP contribution in [0.1, 0.15) is 39.0 Å². The van der Waals surface area contributed by atoms with Crippen molar-refractivity contribution in [2.45, 2.75) is 39.0 Å². The molecule has 1 N–H and O–H groups in total. The van der Waals surface area contributed by atoms with E-state index in [0.29, 0.717) is 36.3 Å². The fraction of sp³-hybridized carbons (Fsp3) is 0.579. The minimum absolute atomic E-state index is 0.250. The SMILES string of the molecule is CCOc1ccccc1NC(=O)COC(=O)C[C@H]1C[C@@H]2CC[C@@H]1C2. The molecule has 24 heavy (non-hydrogen) atoms. The Bertz CT molecular complexity index is 601. The molecular formula is C19H25NO4. The van der Waals surface area contributed by atoms with Gasteiger partial charge >= 0.3 is 5.97 Å². The van der Waals surface area contributed by atoms with Crippen LogP contribution < -0.4 is 10.1 Å². The summed E-state index contributed by atoms with van der Waals surface area (Å²) >= 11 is 0. The highest BCUT2D eigenvalue weighted by Gasteiger charge is 2.40. The molecule has 2 aliphatic rings. The molecule has 5 heteroatoms. The quantitative estimate of drug-likeness (QED) is 0.778. The van der Waals surface area contributed by atoms with Gasteiger partial charge in [0.2, 0.25) is 0 Å². The van der Waals surface area contributed by atoms with Gasteiger partial charge in [0, 0.05) is 6.42 Å². The highest BCUT2D eigenvalue weighted by Crippen LogP contribution is 2.49. The van der Waals surface area contributed by atoms with Crippen LogP contribution in [0.2, 0.25) is 0 Å². The maximum absolute atomic E-state index is 12.0. The van der Waals surface area contributed by atoms with E-state index in [0.717, 1.165) is 12.3 Å². The van der Waals surface area contributed by atoms with Crippen LogP contribution in [0.3, 0.4) is 0 Å². The van der Waals surface area contributed by atoms with Gasteiger partial charge in [0.25, 0.3) is 5.91 Å². The molecule has 1 aromatic carbocycles. The van der Waals surface area contributed by atoms with Crippen LogP contribution >= 0.6 is 0 Å². The first kappa shape index (κ1) is 16.8. The van der Waals surface area contributed by atoms with E-state index >= 15 is 0 Å². The number of hydrogen-bond acceptors (Lipinski definition) is 4. The van der Waals surface area contributed by atoms with Crippen LogP contribution in [0.4, 0.5) is 5.69 Å². The Labute approximate surface area is 142 Å². The predicted octanol–water partition coefficient (Wildman–Crippen LogP) is 3.39. The molecule has 3 rings (SSSR count). The number of amides is 1. The van der Waals surface area contributed by atoms with E-state index in [2.05, 4.69) is 5.32 Å². The summed E-state index contributed by atoms with van der Waals surface area (Å²) in [6.07, 6.45) is 5.43.